The van der Waals surface area contributed by atoms with E-state index in [4.69, 9.17) is 10.00 Å². The largest absolute Gasteiger partial charge is 0.479 e. The van der Waals surface area contributed by atoms with Crippen molar-refractivity contribution in [2.45, 2.75) is 6.92 Å². The van der Waals surface area contributed by atoms with Gasteiger partial charge in [-0.1, -0.05) is 12.1 Å². The van der Waals surface area contributed by atoms with Crippen LogP contribution in [0.1, 0.15) is 11.4 Å². The highest BCUT2D eigenvalue weighted by Crippen LogP contribution is 2.14. The van der Waals surface area contributed by atoms with Crippen molar-refractivity contribution in [3.8, 4) is 17.6 Å². The molecule has 1 amide bonds. The van der Waals surface area contributed by atoms with Crippen LogP contribution in [-0.4, -0.2) is 27.0 Å². The lowest BCUT2D eigenvalue weighted by Crippen LogP contribution is -2.08. The molecule has 0 saturated carbocycles. The average Bonchev–Trinajstić information content (AvgIpc) is 3.12. The van der Waals surface area contributed by atoms with Gasteiger partial charge >= 0.3 is 0 Å². The van der Waals surface area contributed by atoms with E-state index in [1.54, 1.807) is 48.8 Å². The van der Waals surface area contributed by atoms with Gasteiger partial charge in [0.05, 0.1) is 11.9 Å². The van der Waals surface area contributed by atoms with Crippen LogP contribution in [0.5, 0.6) is 5.75 Å². The number of imidazole rings is 1. The number of nitrogens with zero attached hydrogens (tertiary/aromatic N) is 4. The fourth-order valence-corrected chi connectivity index (χ4v) is 2.37. The molecule has 0 atom stereocenters. The fraction of sp³-hybridized carbons (Fsp3) is 0.100. The molecule has 1 N–H and O–H groups in total. The summed E-state index contributed by atoms with van der Waals surface area (Å²) in [6.07, 6.45) is 8.27. The molecule has 0 aliphatic rings. The summed E-state index contributed by atoms with van der Waals surface area (Å²) in [4.78, 5) is 20.6. The molecule has 1 aromatic carbocycles. The zero-order valence-corrected chi connectivity index (χ0v) is 14.7. The van der Waals surface area contributed by atoms with Gasteiger partial charge in [-0.15, -0.1) is 0 Å². The van der Waals surface area contributed by atoms with Crippen molar-refractivity contribution in [1.82, 2.24) is 14.5 Å². The molecule has 134 valence electrons. The lowest BCUT2D eigenvalue weighted by atomic mass is 10.2. The lowest BCUT2D eigenvalue weighted by molar-refractivity contribution is -0.111. The van der Waals surface area contributed by atoms with E-state index in [-0.39, 0.29) is 12.5 Å². The van der Waals surface area contributed by atoms with Gasteiger partial charge in [0.2, 0.25) is 5.91 Å². The Labute approximate surface area is 156 Å². The summed E-state index contributed by atoms with van der Waals surface area (Å²) in [5.74, 6) is 1.93. The van der Waals surface area contributed by atoms with Crippen LogP contribution < -0.4 is 10.1 Å². The van der Waals surface area contributed by atoms with Crippen molar-refractivity contribution in [3.05, 3.63) is 72.5 Å². The van der Waals surface area contributed by atoms with Crippen molar-refractivity contribution < 1.29 is 9.53 Å². The molecule has 7 heteroatoms. The average molecular weight is 359 g/mol. The molecule has 7 nitrogen and oxygen atoms in total. The van der Waals surface area contributed by atoms with Crippen LogP contribution in [0.4, 0.5) is 5.69 Å². The third-order valence-corrected chi connectivity index (χ3v) is 3.70. The number of nitrogens with one attached hydrogen (secondary N) is 1. The van der Waals surface area contributed by atoms with Crippen LogP contribution in [-0.2, 0) is 4.79 Å². The molecule has 0 unspecified atom stereocenters. The standard InChI is InChI=1S/C20H17N5O2/c1-15-22-11-12-25(15)19-8-5-17(14-23-19)24-20(26)9-4-16-2-6-18(7-3-16)27-13-10-21/h2-9,11-12,14H,13H2,1H3,(H,24,26)/b9-4+. The van der Waals surface area contributed by atoms with Crippen LogP contribution in [0, 0.1) is 18.3 Å². The van der Waals surface area contributed by atoms with Crippen LogP contribution in [0.15, 0.2) is 61.1 Å². The molecule has 3 aromatic rings. The lowest BCUT2D eigenvalue weighted by Gasteiger charge is -2.06. The van der Waals surface area contributed by atoms with Gasteiger partial charge in [0, 0.05) is 18.5 Å². The highest BCUT2D eigenvalue weighted by atomic mass is 16.5. The maximum Gasteiger partial charge on any atom is 0.248 e. The molecule has 0 bridgehead atoms. The predicted molar refractivity (Wildman–Crippen MR) is 101 cm³/mol. The van der Waals surface area contributed by atoms with Crippen molar-refractivity contribution in [1.29, 1.82) is 5.26 Å². The van der Waals surface area contributed by atoms with E-state index in [1.165, 1.54) is 6.08 Å². The summed E-state index contributed by atoms with van der Waals surface area (Å²) in [6, 6.07) is 12.6. The van der Waals surface area contributed by atoms with E-state index in [0.29, 0.717) is 11.4 Å². The molecule has 0 spiro atoms. The number of benzene rings is 1. The molecule has 0 aliphatic heterocycles. The zero-order valence-electron chi connectivity index (χ0n) is 14.7. The fourth-order valence-electron chi connectivity index (χ4n) is 2.37. The number of amides is 1. The SMILES string of the molecule is Cc1nccn1-c1ccc(NC(=O)/C=C/c2ccc(OCC#N)cc2)cn1. The Morgan fingerprint density at radius 1 is 1.26 bits per heavy atom. The summed E-state index contributed by atoms with van der Waals surface area (Å²) in [6.45, 7) is 1.90. The van der Waals surface area contributed by atoms with E-state index in [0.717, 1.165) is 17.2 Å². The van der Waals surface area contributed by atoms with Crippen molar-refractivity contribution in [3.63, 3.8) is 0 Å². The number of aryl methyl sites for hydroxylation is 1. The Bertz CT molecular complexity index is 982. The van der Waals surface area contributed by atoms with E-state index in [9.17, 15) is 4.79 Å². The maximum atomic E-state index is 12.1. The number of carbonyl (C=O) groups excluding carboxylic acids is 1. The topological polar surface area (TPSA) is 92.8 Å². The molecule has 0 fully saturated rings. The van der Waals surface area contributed by atoms with Gasteiger partial charge in [-0.05, 0) is 42.8 Å². The summed E-state index contributed by atoms with van der Waals surface area (Å²) in [5.41, 5.74) is 1.45. The molecule has 2 heterocycles. The number of anilines is 1. The molecular formula is C20H17N5O2. The minimum Gasteiger partial charge on any atom is -0.479 e. The van der Waals surface area contributed by atoms with E-state index >= 15 is 0 Å². The molecule has 0 saturated heterocycles. The van der Waals surface area contributed by atoms with Gasteiger partial charge in [-0.25, -0.2) is 9.97 Å². The monoisotopic (exact) mass is 359 g/mol. The molecule has 0 aliphatic carbocycles. The van der Waals surface area contributed by atoms with Crippen LogP contribution in [0.2, 0.25) is 0 Å². The number of rotatable bonds is 6. The number of hydrogen-bond acceptors (Lipinski definition) is 5. The number of ether oxygens (including phenoxy) is 1. The molecule has 0 radical (unpaired) electrons. The maximum absolute atomic E-state index is 12.1. The summed E-state index contributed by atoms with van der Waals surface area (Å²) < 4.78 is 7.04. The van der Waals surface area contributed by atoms with Crippen LogP contribution in [0.3, 0.4) is 0 Å². The second-order valence-corrected chi connectivity index (χ2v) is 5.59. The number of nitriles is 1. The third kappa shape index (κ3) is 4.80. The predicted octanol–water partition coefficient (Wildman–Crippen LogP) is 3.13. The van der Waals surface area contributed by atoms with E-state index < -0.39 is 0 Å². The van der Waals surface area contributed by atoms with Crippen molar-refractivity contribution in [2.75, 3.05) is 11.9 Å². The van der Waals surface area contributed by atoms with Gasteiger partial charge in [-0.3, -0.25) is 9.36 Å². The van der Waals surface area contributed by atoms with Gasteiger partial charge in [-0.2, -0.15) is 5.26 Å². The summed E-state index contributed by atoms with van der Waals surface area (Å²) >= 11 is 0. The van der Waals surface area contributed by atoms with Gasteiger partial charge < -0.3 is 10.1 Å². The highest BCUT2D eigenvalue weighted by molar-refractivity contribution is 6.01. The first-order valence-corrected chi connectivity index (χ1v) is 8.21. The molecular weight excluding hydrogens is 342 g/mol. The third-order valence-electron chi connectivity index (χ3n) is 3.70. The summed E-state index contributed by atoms with van der Waals surface area (Å²) in [7, 11) is 0. The first kappa shape index (κ1) is 17.9. The van der Waals surface area contributed by atoms with E-state index in [2.05, 4.69) is 15.3 Å². The Balaban J connectivity index is 1.58. The number of aromatic nitrogens is 3. The Kier molecular flexibility index (Phi) is 5.60. The number of hydrogen-bond donors (Lipinski definition) is 1. The smallest absolute Gasteiger partial charge is 0.248 e. The Hall–Kier alpha value is -3.92. The summed E-state index contributed by atoms with van der Waals surface area (Å²) in [5, 5.41) is 11.2. The second kappa shape index (κ2) is 8.45. The van der Waals surface area contributed by atoms with Gasteiger partial charge in [0.15, 0.2) is 6.61 Å². The van der Waals surface area contributed by atoms with Crippen LogP contribution >= 0.6 is 0 Å². The first-order valence-electron chi connectivity index (χ1n) is 8.21. The quantitative estimate of drug-likeness (QED) is 0.683. The van der Waals surface area contributed by atoms with Gasteiger partial charge in [0.1, 0.15) is 23.5 Å². The van der Waals surface area contributed by atoms with Crippen molar-refractivity contribution in [2.24, 2.45) is 0 Å². The molecule has 27 heavy (non-hydrogen) atoms. The van der Waals surface area contributed by atoms with Crippen LogP contribution in [0.25, 0.3) is 11.9 Å². The Morgan fingerprint density at radius 2 is 2.07 bits per heavy atom. The normalized spacial score (nSPS) is 10.5. The number of pyridine rings is 1. The minimum atomic E-state index is -0.256. The second-order valence-electron chi connectivity index (χ2n) is 5.59. The van der Waals surface area contributed by atoms with Crippen molar-refractivity contribution >= 4 is 17.7 Å². The molecule has 3 rings (SSSR count). The number of carbonyl (C=O) groups is 1. The molecule has 2 aromatic heterocycles. The Morgan fingerprint density at radius 3 is 2.70 bits per heavy atom. The van der Waals surface area contributed by atoms with E-state index in [1.807, 2.05) is 29.8 Å². The van der Waals surface area contributed by atoms with Gasteiger partial charge in [0.25, 0.3) is 0 Å². The zero-order chi connectivity index (χ0) is 19.1. The highest BCUT2D eigenvalue weighted by Gasteiger charge is 2.03. The first-order chi connectivity index (χ1) is 13.2. The minimum absolute atomic E-state index is 0.00479.